The normalized spacial score (nSPS) is 11.0. The van der Waals surface area contributed by atoms with E-state index in [4.69, 9.17) is 21.1 Å². The number of fused-ring (bicyclic) bond motifs is 1. The maximum Gasteiger partial charge on any atom is 0.193 e. The number of aromatic nitrogens is 2. The number of alkyl halides is 1. The minimum absolute atomic E-state index is 0.411. The summed E-state index contributed by atoms with van der Waals surface area (Å²) in [5.41, 5.74) is 1.90. The maximum absolute atomic E-state index is 5.85. The summed E-state index contributed by atoms with van der Waals surface area (Å²) in [5, 5.41) is 2.01. The monoisotopic (exact) mass is 322 g/mol. The summed E-state index contributed by atoms with van der Waals surface area (Å²) in [6.45, 7) is 2.94. The Kier molecular flexibility index (Phi) is 4.31. The van der Waals surface area contributed by atoms with E-state index >= 15 is 0 Å². The second-order valence-corrected chi connectivity index (χ2v) is 5.60. The molecule has 21 heavy (non-hydrogen) atoms. The fraction of sp³-hybridized carbons (Fsp3) is 0.267. The molecule has 0 unspecified atom stereocenters. The molecule has 0 amide bonds. The Labute approximate surface area is 131 Å². The average Bonchev–Trinajstić information content (AvgIpc) is 3.07. The molecule has 0 aliphatic heterocycles. The Morgan fingerprint density at radius 2 is 2.19 bits per heavy atom. The third-order valence-electron chi connectivity index (χ3n) is 2.98. The molecule has 1 aromatic carbocycles. The van der Waals surface area contributed by atoms with Crippen LogP contribution >= 0.6 is 22.9 Å². The number of halogens is 1. The SMILES string of the molecule is CCOc1cc(CCl)ccc1OCc1cn2ccsc2n1. The molecule has 0 N–H and O–H groups in total. The third-order valence-corrected chi connectivity index (χ3v) is 4.06. The minimum Gasteiger partial charge on any atom is -0.490 e. The van der Waals surface area contributed by atoms with Crippen molar-refractivity contribution in [2.45, 2.75) is 19.4 Å². The van der Waals surface area contributed by atoms with Gasteiger partial charge in [-0.2, -0.15) is 0 Å². The zero-order valence-corrected chi connectivity index (χ0v) is 13.2. The van der Waals surface area contributed by atoms with Crippen LogP contribution in [0.3, 0.4) is 0 Å². The lowest BCUT2D eigenvalue weighted by Crippen LogP contribution is -2.00. The van der Waals surface area contributed by atoms with E-state index in [0.29, 0.717) is 24.8 Å². The zero-order valence-electron chi connectivity index (χ0n) is 11.6. The Hall–Kier alpha value is -1.72. The molecule has 0 bridgehead atoms. The molecule has 3 aromatic rings. The van der Waals surface area contributed by atoms with Crippen molar-refractivity contribution in [1.29, 1.82) is 0 Å². The van der Waals surface area contributed by atoms with Crippen LogP contribution in [0.25, 0.3) is 4.96 Å². The summed E-state index contributed by atoms with van der Waals surface area (Å²) in [4.78, 5) is 5.46. The van der Waals surface area contributed by atoms with E-state index in [-0.39, 0.29) is 0 Å². The van der Waals surface area contributed by atoms with E-state index in [2.05, 4.69) is 4.98 Å². The molecule has 4 nitrogen and oxygen atoms in total. The fourth-order valence-electron chi connectivity index (χ4n) is 2.02. The van der Waals surface area contributed by atoms with Gasteiger partial charge in [-0.25, -0.2) is 4.98 Å². The lowest BCUT2D eigenvalue weighted by Gasteiger charge is -2.12. The summed E-state index contributed by atoms with van der Waals surface area (Å²) >= 11 is 7.45. The largest absolute Gasteiger partial charge is 0.490 e. The van der Waals surface area contributed by atoms with Gasteiger partial charge in [-0.1, -0.05) is 6.07 Å². The van der Waals surface area contributed by atoms with E-state index < -0.39 is 0 Å². The molecule has 2 aromatic heterocycles. The number of hydrogen-bond donors (Lipinski definition) is 0. The van der Waals surface area contributed by atoms with Crippen LogP contribution in [-0.4, -0.2) is 16.0 Å². The van der Waals surface area contributed by atoms with E-state index in [1.807, 2.05) is 47.3 Å². The van der Waals surface area contributed by atoms with Gasteiger partial charge in [-0.3, -0.25) is 4.40 Å². The van der Waals surface area contributed by atoms with Crippen molar-refractivity contribution in [2.75, 3.05) is 6.61 Å². The van der Waals surface area contributed by atoms with Crippen LogP contribution in [0.1, 0.15) is 18.2 Å². The Morgan fingerprint density at radius 1 is 1.29 bits per heavy atom. The summed E-state index contributed by atoms with van der Waals surface area (Å²) in [6.07, 6.45) is 3.96. The number of ether oxygens (including phenoxy) is 2. The first kappa shape index (κ1) is 14.2. The van der Waals surface area contributed by atoms with Crippen molar-refractivity contribution in [2.24, 2.45) is 0 Å². The van der Waals surface area contributed by atoms with Crippen LogP contribution in [0.2, 0.25) is 0 Å². The van der Waals surface area contributed by atoms with Crippen molar-refractivity contribution < 1.29 is 9.47 Å². The lowest BCUT2D eigenvalue weighted by atomic mass is 10.2. The highest BCUT2D eigenvalue weighted by Gasteiger charge is 2.08. The Bertz CT molecular complexity index is 710. The first-order valence-corrected chi connectivity index (χ1v) is 8.07. The van der Waals surface area contributed by atoms with E-state index in [1.54, 1.807) is 11.3 Å². The third kappa shape index (κ3) is 3.14. The number of nitrogens with zero attached hydrogens (tertiary/aromatic N) is 2. The van der Waals surface area contributed by atoms with Crippen molar-refractivity contribution >= 4 is 27.9 Å². The topological polar surface area (TPSA) is 35.8 Å². The predicted molar refractivity (Wildman–Crippen MR) is 84.6 cm³/mol. The Balaban J connectivity index is 1.75. The lowest BCUT2D eigenvalue weighted by molar-refractivity contribution is 0.267. The number of imidazole rings is 1. The molecule has 3 rings (SSSR count). The number of hydrogen-bond acceptors (Lipinski definition) is 4. The van der Waals surface area contributed by atoms with Gasteiger partial charge in [0.2, 0.25) is 0 Å². The molecule has 0 radical (unpaired) electrons. The van der Waals surface area contributed by atoms with Gasteiger partial charge in [0.1, 0.15) is 6.61 Å². The van der Waals surface area contributed by atoms with Crippen LogP contribution in [0.15, 0.2) is 36.0 Å². The highest BCUT2D eigenvalue weighted by Crippen LogP contribution is 2.29. The average molecular weight is 323 g/mol. The first-order valence-electron chi connectivity index (χ1n) is 6.65. The number of benzene rings is 1. The highest BCUT2D eigenvalue weighted by atomic mass is 35.5. The van der Waals surface area contributed by atoms with E-state index in [0.717, 1.165) is 22.0 Å². The smallest absolute Gasteiger partial charge is 0.193 e. The molecular weight excluding hydrogens is 308 g/mol. The van der Waals surface area contributed by atoms with E-state index in [9.17, 15) is 0 Å². The highest BCUT2D eigenvalue weighted by molar-refractivity contribution is 7.15. The van der Waals surface area contributed by atoms with Crippen LogP contribution in [0.5, 0.6) is 11.5 Å². The zero-order chi connectivity index (χ0) is 14.7. The quantitative estimate of drug-likeness (QED) is 0.641. The van der Waals surface area contributed by atoms with Gasteiger partial charge in [-0.05, 0) is 24.6 Å². The molecule has 0 atom stereocenters. The van der Waals surface area contributed by atoms with Gasteiger partial charge in [0.25, 0.3) is 0 Å². The minimum atomic E-state index is 0.411. The van der Waals surface area contributed by atoms with Gasteiger partial charge < -0.3 is 9.47 Å². The number of thiazole rings is 1. The predicted octanol–water partition coefficient (Wildman–Crippen LogP) is 4.11. The van der Waals surface area contributed by atoms with Crippen molar-refractivity contribution in [3.63, 3.8) is 0 Å². The van der Waals surface area contributed by atoms with Crippen LogP contribution in [0.4, 0.5) is 0 Å². The van der Waals surface area contributed by atoms with Gasteiger partial charge in [-0.15, -0.1) is 22.9 Å². The molecule has 0 aliphatic rings. The summed E-state index contributed by atoms with van der Waals surface area (Å²) in [5.74, 6) is 1.89. The number of rotatable bonds is 6. The maximum atomic E-state index is 5.85. The van der Waals surface area contributed by atoms with Crippen LogP contribution in [-0.2, 0) is 12.5 Å². The molecular formula is C15H15ClN2O2S. The summed E-state index contributed by atoms with van der Waals surface area (Å²) < 4.78 is 13.4. The molecule has 0 saturated carbocycles. The molecule has 110 valence electrons. The van der Waals surface area contributed by atoms with Gasteiger partial charge in [0.15, 0.2) is 16.5 Å². The molecule has 0 aliphatic carbocycles. The summed E-state index contributed by atoms with van der Waals surface area (Å²) in [7, 11) is 0. The van der Waals surface area contributed by atoms with Crippen LogP contribution in [0, 0.1) is 0 Å². The van der Waals surface area contributed by atoms with Gasteiger partial charge >= 0.3 is 0 Å². The molecule has 0 saturated heterocycles. The molecule has 0 spiro atoms. The van der Waals surface area contributed by atoms with Gasteiger partial charge in [0.05, 0.1) is 12.3 Å². The van der Waals surface area contributed by atoms with Crippen LogP contribution < -0.4 is 9.47 Å². The van der Waals surface area contributed by atoms with Crippen molar-refractivity contribution in [3.05, 3.63) is 47.2 Å². The molecule has 0 fully saturated rings. The second-order valence-electron chi connectivity index (χ2n) is 4.46. The molecule has 6 heteroatoms. The van der Waals surface area contributed by atoms with E-state index in [1.165, 1.54) is 0 Å². The molecule has 2 heterocycles. The standard InChI is InChI=1S/C15H15ClN2O2S/c1-2-19-14-7-11(8-16)3-4-13(14)20-10-12-9-18-5-6-21-15(18)17-12/h3-7,9H,2,8,10H2,1H3. The first-order chi connectivity index (χ1) is 10.3. The summed E-state index contributed by atoms with van der Waals surface area (Å²) in [6, 6.07) is 5.75. The second kappa shape index (κ2) is 6.37. The van der Waals surface area contributed by atoms with Crippen molar-refractivity contribution in [3.8, 4) is 11.5 Å². The Morgan fingerprint density at radius 3 is 2.95 bits per heavy atom. The van der Waals surface area contributed by atoms with Crippen molar-refractivity contribution in [1.82, 2.24) is 9.38 Å². The van der Waals surface area contributed by atoms with Gasteiger partial charge in [0, 0.05) is 23.7 Å². The fourth-order valence-corrected chi connectivity index (χ4v) is 2.91.